The van der Waals surface area contributed by atoms with E-state index in [9.17, 15) is 9.18 Å². The monoisotopic (exact) mass is 442 g/mol. The summed E-state index contributed by atoms with van der Waals surface area (Å²) in [5.41, 5.74) is 3.66. The first-order valence-corrected chi connectivity index (χ1v) is 11.5. The molecule has 0 atom stereocenters. The van der Waals surface area contributed by atoms with E-state index in [1.54, 1.807) is 24.4 Å². The van der Waals surface area contributed by atoms with Crippen molar-refractivity contribution in [1.29, 1.82) is 0 Å². The van der Waals surface area contributed by atoms with Crippen LogP contribution in [-0.4, -0.2) is 20.4 Å². The smallest absolute Gasteiger partial charge is 0.282 e. The third-order valence-corrected chi connectivity index (χ3v) is 6.63. The van der Waals surface area contributed by atoms with Gasteiger partial charge in [-0.05, 0) is 57.0 Å². The zero-order valence-electron chi connectivity index (χ0n) is 19.0. The van der Waals surface area contributed by atoms with E-state index in [-0.39, 0.29) is 17.3 Å². The Labute approximate surface area is 192 Å². The minimum atomic E-state index is -0.280. The van der Waals surface area contributed by atoms with Crippen LogP contribution in [0.15, 0.2) is 64.5 Å². The van der Waals surface area contributed by atoms with Gasteiger partial charge in [-0.3, -0.25) is 4.79 Å². The lowest BCUT2D eigenvalue weighted by molar-refractivity contribution is 0.416. The third-order valence-electron chi connectivity index (χ3n) is 6.63. The summed E-state index contributed by atoms with van der Waals surface area (Å²) in [6.45, 7) is 3.87. The maximum Gasteiger partial charge on any atom is 0.282 e. The molecule has 1 saturated carbocycles. The molecule has 0 amide bonds. The van der Waals surface area contributed by atoms with Crippen LogP contribution in [0, 0.1) is 19.7 Å². The van der Waals surface area contributed by atoms with Crippen molar-refractivity contribution in [2.75, 3.05) is 0 Å². The van der Waals surface area contributed by atoms with E-state index in [1.165, 1.54) is 17.2 Å². The number of benzene rings is 2. The summed E-state index contributed by atoms with van der Waals surface area (Å²) in [4.78, 5) is 18.3. The van der Waals surface area contributed by atoms with E-state index in [4.69, 9.17) is 4.98 Å². The largest absolute Gasteiger partial charge is 0.315 e. The summed E-state index contributed by atoms with van der Waals surface area (Å²) >= 11 is 0. The molecule has 0 spiro atoms. The van der Waals surface area contributed by atoms with Crippen LogP contribution in [0.2, 0.25) is 0 Å². The van der Waals surface area contributed by atoms with Crippen LogP contribution in [0.5, 0.6) is 0 Å². The highest BCUT2D eigenvalue weighted by Crippen LogP contribution is 2.32. The highest BCUT2D eigenvalue weighted by atomic mass is 19.1. The quantitative estimate of drug-likeness (QED) is 0.371. The zero-order chi connectivity index (χ0) is 22.9. The number of fused-ring (bicyclic) bond motifs is 1. The van der Waals surface area contributed by atoms with Crippen molar-refractivity contribution in [3.8, 4) is 5.69 Å². The molecule has 6 heteroatoms. The zero-order valence-corrected chi connectivity index (χ0v) is 19.0. The lowest BCUT2D eigenvalue weighted by atomic mass is 9.88. The summed E-state index contributed by atoms with van der Waals surface area (Å²) in [6.07, 6.45) is 7.23. The predicted octanol–water partition coefficient (Wildman–Crippen LogP) is 5.87. The summed E-state index contributed by atoms with van der Waals surface area (Å²) in [7, 11) is 0. The number of halogens is 1. The fourth-order valence-electron chi connectivity index (χ4n) is 4.92. The molecule has 5 nitrogen and oxygen atoms in total. The van der Waals surface area contributed by atoms with Crippen LogP contribution in [-0.2, 0) is 0 Å². The highest BCUT2D eigenvalue weighted by molar-refractivity contribution is 5.82. The van der Waals surface area contributed by atoms with Crippen molar-refractivity contribution in [2.24, 2.45) is 5.10 Å². The van der Waals surface area contributed by atoms with Gasteiger partial charge in [-0.25, -0.2) is 9.37 Å². The standard InChI is InChI=1S/C27H27FN4O/c1-18-16-21(19(2)31(18)25-15-9-7-13-23(25)28)17-29-32-26(20-10-4-3-5-11-20)30-24-14-8-6-12-22(24)27(32)33/h6-9,12-17,20H,3-5,10-11H2,1-2H3. The van der Waals surface area contributed by atoms with Crippen molar-refractivity contribution < 1.29 is 4.39 Å². The Morgan fingerprint density at radius 1 is 1.03 bits per heavy atom. The molecule has 1 aliphatic carbocycles. The Bertz CT molecular complexity index is 1410. The lowest BCUT2D eigenvalue weighted by Crippen LogP contribution is -2.25. The van der Waals surface area contributed by atoms with Crippen LogP contribution < -0.4 is 5.56 Å². The number of hydrogen-bond donors (Lipinski definition) is 0. The van der Waals surface area contributed by atoms with Crippen molar-refractivity contribution in [3.63, 3.8) is 0 Å². The van der Waals surface area contributed by atoms with Crippen molar-refractivity contribution >= 4 is 17.1 Å². The molecule has 0 unspecified atom stereocenters. The Morgan fingerprint density at radius 2 is 1.76 bits per heavy atom. The average Bonchev–Trinajstić information content (AvgIpc) is 3.12. The Kier molecular flexibility index (Phi) is 5.67. The molecule has 0 saturated heterocycles. The molecule has 33 heavy (non-hydrogen) atoms. The minimum absolute atomic E-state index is 0.152. The predicted molar refractivity (Wildman–Crippen MR) is 130 cm³/mol. The highest BCUT2D eigenvalue weighted by Gasteiger charge is 2.22. The van der Waals surface area contributed by atoms with Crippen molar-refractivity contribution in [3.05, 3.63) is 93.5 Å². The molecule has 1 aliphatic rings. The van der Waals surface area contributed by atoms with Crippen LogP contribution >= 0.6 is 0 Å². The molecule has 4 aromatic rings. The fraction of sp³-hybridized carbons (Fsp3) is 0.296. The molecule has 2 heterocycles. The second-order valence-electron chi connectivity index (χ2n) is 8.80. The summed E-state index contributed by atoms with van der Waals surface area (Å²) < 4.78 is 17.8. The van der Waals surface area contributed by atoms with E-state index < -0.39 is 0 Å². The maximum atomic E-state index is 14.4. The van der Waals surface area contributed by atoms with Crippen LogP contribution in [0.3, 0.4) is 0 Å². The molecule has 0 bridgehead atoms. The Balaban J connectivity index is 1.62. The van der Waals surface area contributed by atoms with E-state index in [1.807, 2.05) is 48.7 Å². The normalized spacial score (nSPS) is 15.0. The first kappa shape index (κ1) is 21.3. The van der Waals surface area contributed by atoms with Gasteiger partial charge in [0.2, 0.25) is 0 Å². The molecule has 0 radical (unpaired) electrons. The van der Waals surface area contributed by atoms with Gasteiger partial charge in [-0.2, -0.15) is 9.78 Å². The summed E-state index contributed by atoms with van der Waals surface area (Å²) in [5.74, 6) is 0.675. The van der Waals surface area contributed by atoms with E-state index >= 15 is 0 Å². The number of aryl methyl sites for hydroxylation is 1. The Hall–Kier alpha value is -3.54. The van der Waals surface area contributed by atoms with Gasteiger partial charge in [0.15, 0.2) is 0 Å². The lowest BCUT2D eigenvalue weighted by Gasteiger charge is -2.22. The van der Waals surface area contributed by atoms with E-state index in [0.29, 0.717) is 16.6 Å². The van der Waals surface area contributed by atoms with Gasteiger partial charge < -0.3 is 4.57 Å². The van der Waals surface area contributed by atoms with Gasteiger partial charge in [-0.15, -0.1) is 0 Å². The number of nitrogens with zero attached hydrogens (tertiary/aromatic N) is 4. The third kappa shape index (κ3) is 3.90. The molecule has 0 N–H and O–H groups in total. The van der Waals surface area contributed by atoms with Gasteiger partial charge in [0.05, 0.1) is 22.8 Å². The molecule has 5 rings (SSSR count). The summed E-state index contributed by atoms with van der Waals surface area (Å²) in [6, 6.07) is 16.1. The van der Waals surface area contributed by atoms with E-state index in [2.05, 4.69) is 5.10 Å². The number of para-hydroxylation sites is 2. The van der Waals surface area contributed by atoms with Gasteiger partial charge in [0.25, 0.3) is 5.56 Å². The summed E-state index contributed by atoms with van der Waals surface area (Å²) in [5, 5.41) is 5.20. The first-order valence-electron chi connectivity index (χ1n) is 11.5. The minimum Gasteiger partial charge on any atom is -0.315 e. The number of hydrogen-bond acceptors (Lipinski definition) is 3. The second kappa shape index (κ2) is 8.77. The van der Waals surface area contributed by atoms with Crippen LogP contribution in [0.25, 0.3) is 16.6 Å². The average molecular weight is 443 g/mol. The molecular formula is C27H27FN4O. The van der Waals surface area contributed by atoms with Gasteiger partial charge in [0.1, 0.15) is 11.6 Å². The number of aromatic nitrogens is 3. The maximum absolute atomic E-state index is 14.4. The van der Waals surface area contributed by atoms with Crippen LogP contribution in [0.4, 0.5) is 4.39 Å². The molecule has 168 valence electrons. The van der Waals surface area contributed by atoms with Gasteiger partial charge in [0, 0.05) is 22.9 Å². The fourth-order valence-corrected chi connectivity index (χ4v) is 4.92. The second-order valence-corrected chi connectivity index (χ2v) is 8.80. The van der Waals surface area contributed by atoms with Crippen LogP contribution in [0.1, 0.15) is 60.8 Å². The molecule has 2 aromatic carbocycles. The van der Waals surface area contributed by atoms with E-state index in [0.717, 1.165) is 48.5 Å². The molecule has 1 fully saturated rings. The molecular weight excluding hydrogens is 415 g/mol. The van der Waals surface area contributed by atoms with Crippen molar-refractivity contribution in [2.45, 2.75) is 51.9 Å². The number of rotatable bonds is 4. The first-order chi connectivity index (χ1) is 16.0. The topological polar surface area (TPSA) is 52.2 Å². The van der Waals surface area contributed by atoms with Crippen molar-refractivity contribution in [1.82, 2.24) is 14.2 Å². The van der Waals surface area contributed by atoms with Gasteiger partial charge >= 0.3 is 0 Å². The molecule has 2 aromatic heterocycles. The van der Waals surface area contributed by atoms with Gasteiger partial charge in [-0.1, -0.05) is 43.5 Å². The molecule has 0 aliphatic heterocycles. The SMILES string of the molecule is Cc1cc(C=Nn2c(C3CCCCC3)nc3ccccc3c2=O)c(C)n1-c1ccccc1F. The Morgan fingerprint density at radius 3 is 2.55 bits per heavy atom.